The van der Waals surface area contributed by atoms with Gasteiger partial charge in [-0.15, -0.1) is 0 Å². The molecule has 112 valence electrons. The average Bonchev–Trinajstić information content (AvgIpc) is 2.90. The first-order valence-electron chi connectivity index (χ1n) is 8.79. The van der Waals surface area contributed by atoms with Gasteiger partial charge >= 0.3 is 0 Å². The largest absolute Gasteiger partial charge is 0.314 e. The standard InChI is InChI=1S/C18H35N/c1-5-12-19-17-13-14(2)10-11-16(17)18(3,4)15-8-6-7-9-15/h14-17,19H,5-13H2,1-4H3. The van der Waals surface area contributed by atoms with Gasteiger partial charge in [0.15, 0.2) is 0 Å². The molecule has 0 saturated heterocycles. The quantitative estimate of drug-likeness (QED) is 0.737. The molecule has 1 N–H and O–H groups in total. The van der Waals surface area contributed by atoms with Crippen molar-refractivity contribution in [2.24, 2.45) is 23.2 Å². The fraction of sp³-hybridized carbons (Fsp3) is 1.00. The van der Waals surface area contributed by atoms with Crippen molar-refractivity contribution in [1.82, 2.24) is 5.32 Å². The molecule has 0 aliphatic heterocycles. The van der Waals surface area contributed by atoms with E-state index in [0.29, 0.717) is 5.41 Å². The van der Waals surface area contributed by atoms with E-state index in [9.17, 15) is 0 Å². The fourth-order valence-corrected chi connectivity index (χ4v) is 4.80. The van der Waals surface area contributed by atoms with Gasteiger partial charge in [-0.05, 0) is 61.8 Å². The molecule has 19 heavy (non-hydrogen) atoms. The van der Waals surface area contributed by atoms with Crippen LogP contribution in [0.3, 0.4) is 0 Å². The molecule has 2 saturated carbocycles. The average molecular weight is 265 g/mol. The van der Waals surface area contributed by atoms with E-state index in [1.54, 1.807) is 0 Å². The molecule has 0 aromatic carbocycles. The highest BCUT2D eigenvalue weighted by Gasteiger charge is 2.43. The maximum atomic E-state index is 3.88. The molecule has 1 nitrogen and oxygen atoms in total. The van der Waals surface area contributed by atoms with Crippen molar-refractivity contribution >= 4 is 0 Å². The van der Waals surface area contributed by atoms with Gasteiger partial charge in [-0.25, -0.2) is 0 Å². The van der Waals surface area contributed by atoms with E-state index in [1.807, 2.05) is 0 Å². The first-order valence-corrected chi connectivity index (χ1v) is 8.79. The van der Waals surface area contributed by atoms with E-state index in [2.05, 4.69) is 33.0 Å². The Morgan fingerprint density at radius 2 is 1.74 bits per heavy atom. The summed E-state index contributed by atoms with van der Waals surface area (Å²) < 4.78 is 0. The zero-order valence-corrected chi connectivity index (χ0v) is 13.7. The number of rotatable bonds is 5. The first-order chi connectivity index (χ1) is 9.05. The van der Waals surface area contributed by atoms with Crippen LogP contribution in [0, 0.1) is 23.2 Å². The van der Waals surface area contributed by atoms with Crippen molar-refractivity contribution in [3.05, 3.63) is 0 Å². The lowest BCUT2D eigenvalue weighted by molar-refractivity contribution is 0.0445. The minimum Gasteiger partial charge on any atom is -0.314 e. The highest BCUT2D eigenvalue weighted by Crippen LogP contribution is 2.49. The van der Waals surface area contributed by atoms with Gasteiger partial charge in [-0.1, -0.05) is 47.0 Å². The SMILES string of the molecule is CCCNC1CC(C)CCC1C(C)(C)C1CCCC1. The Balaban J connectivity index is 2.05. The Labute approximate surface area is 120 Å². The van der Waals surface area contributed by atoms with E-state index < -0.39 is 0 Å². The molecule has 0 aromatic rings. The summed E-state index contributed by atoms with van der Waals surface area (Å²) in [6.07, 6.45) is 11.5. The molecule has 0 aromatic heterocycles. The third-order valence-corrected chi connectivity index (χ3v) is 6.13. The van der Waals surface area contributed by atoms with Crippen molar-refractivity contribution in [3.8, 4) is 0 Å². The minimum atomic E-state index is 0.544. The van der Waals surface area contributed by atoms with E-state index in [-0.39, 0.29) is 0 Å². The summed E-state index contributed by atoms with van der Waals surface area (Å²) in [6.45, 7) is 11.1. The van der Waals surface area contributed by atoms with Gasteiger partial charge < -0.3 is 5.32 Å². The third-order valence-electron chi connectivity index (χ3n) is 6.13. The highest BCUT2D eigenvalue weighted by atomic mass is 14.9. The van der Waals surface area contributed by atoms with Gasteiger partial charge in [0.2, 0.25) is 0 Å². The molecule has 2 aliphatic carbocycles. The second-order valence-electron chi connectivity index (χ2n) is 7.89. The number of hydrogen-bond acceptors (Lipinski definition) is 1. The predicted molar refractivity (Wildman–Crippen MR) is 84.3 cm³/mol. The van der Waals surface area contributed by atoms with Gasteiger partial charge in [0.25, 0.3) is 0 Å². The summed E-state index contributed by atoms with van der Waals surface area (Å²) in [5.74, 6) is 2.81. The molecule has 0 spiro atoms. The van der Waals surface area contributed by atoms with Crippen LogP contribution in [0.15, 0.2) is 0 Å². The van der Waals surface area contributed by atoms with Crippen LogP contribution >= 0.6 is 0 Å². The van der Waals surface area contributed by atoms with Crippen LogP contribution in [-0.4, -0.2) is 12.6 Å². The molecule has 1 heteroatoms. The Morgan fingerprint density at radius 3 is 2.37 bits per heavy atom. The van der Waals surface area contributed by atoms with Gasteiger partial charge in [0.05, 0.1) is 0 Å². The van der Waals surface area contributed by atoms with Crippen LogP contribution < -0.4 is 5.32 Å². The van der Waals surface area contributed by atoms with Crippen molar-refractivity contribution in [2.75, 3.05) is 6.54 Å². The topological polar surface area (TPSA) is 12.0 Å². The molecule has 2 fully saturated rings. The maximum absolute atomic E-state index is 3.88. The third kappa shape index (κ3) is 3.54. The summed E-state index contributed by atoms with van der Waals surface area (Å²) in [5.41, 5.74) is 0.544. The molecule has 2 aliphatic rings. The predicted octanol–water partition coefficient (Wildman–Crippen LogP) is 5.01. The molecule has 0 radical (unpaired) electrons. The maximum Gasteiger partial charge on any atom is 0.0103 e. The normalized spacial score (nSPS) is 33.8. The summed E-state index contributed by atoms with van der Waals surface area (Å²) in [5, 5.41) is 3.88. The Morgan fingerprint density at radius 1 is 1.05 bits per heavy atom. The summed E-state index contributed by atoms with van der Waals surface area (Å²) in [4.78, 5) is 0. The molecule has 0 bridgehead atoms. The summed E-state index contributed by atoms with van der Waals surface area (Å²) in [6, 6.07) is 0.777. The monoisotopic (exact) mass is 265 g/mol. The second kappa shape index (κ2) is 6.61. The summed E-state index contributed by atoms with van der Waals surface area (Å²) in [7, 11) is 0. The minimum absolute atomic E-state index is 0.544. The molecule has 0 amide bonds. The van der Waals surface area contributed by atoms with Crippen molar-refractivity contribution < 1.29 is 0 Å². The zero-order valence-electron chi connectivity index (χ0n) is 13.7. The van der Waals surface area contributed by atoms with E-state index in [1.165, 1.54) is 57.9 Å². The van der Waals surface area contributed by atoms with Crippen LogP contribution in [0.4, 0.5) is 0 Å². The number of nitrogens with one attached hydrogen (secondary N) is 1. The molecular weight excluding hydrogens is 230 g/mol. The van der Waals surface area contributed by atoms with Gasteiger partial charge in [0, 0.05) is 6.04 Å². The van der Waals surface area contributed by atoms with Crippen LogP contribution in [0.5, 0.6) is 0 Å². The summed E-state index contributed by atoms with van der Waals surface area (Å²) >= 11 is 0. The highest BCUT2D eigenvalue weighted by molar-refractivity contribution is 4.96. The van der Waals surface area contributed by atoms with Crippen molar-refractivity contribution in [3.63, 3.8) is 0 Å². The van der Waals surface area contributed by atoms with E-state index in [0.717, 1.165) is 23.8 Å². The van der Waals surface area contributed by atoms with E-state index in [4.69, 9.17) is 0 Å². The van der Waals surface area contributed by atoms with Crippen LogP contribution in [0.1, 0.15) is 79.1 Å². The Hall–Kier alpha value is -0.0400. The van der Waals surface area contributed by atoms with Crippen LogP contribution in [-0.2, 0) is 0 Å². The van der Waals surface area contributed by atoms with Gasteiger partial charge in [-0.2, -0.15) is 0 Å². The Kier molecular flexibility index (Phi) is 5.34. The lowest BCUT2D eigenvalue weighted by Crippen LogP contribution is -2.49. The van der Waals surface area contributed by atoms with Crippen molar-refractivity contribution in [2.45, 2.75) is 85.1 Å². The molecule has 0 heterocycles. The first kappa shape index (κ1) is 15.4. The van der Waals surface area contributed by atoms with Crippen molar-refractivity contribution in [1.29, 1.82) is 0 Å². The lowest BCUT2D eigenvalue weighted by atomic mass is 9.61. The molecular formula is C18H35N. The van der Waals surface area contributed by atoms with E-state index >= 15 is 0 Å². The van der Waals surface area contributed by atoms with Crippen LogP contribution in [0.25, 0.3) is 0 Å². The number of hydrogen-bond donors (Lipinski definition) is 1. The smallest absolute Gasteiger partial charge is 0.0103 e. The molecule has 3 atom stereocenters. The molecule has 2 rings (SSSR count). The lowest BCUT2D eigenvalue weighted by Gasteiger charge is -2.47. The fourth-order valence-electron chi connectivity index (χ4n) is 4.80. The zero-order chi connectivity index (χ0) is 13.9. The van der Waals surface area contributed by atoms with Gasteiger partial charge in [0.1, 0.15) is 0 Å². The Bertz CT molecular complexity index is 265. The van der Waals surface area contributed by atoms with Gasteiger partial charge in [-0.3, -0.25) is 0 Å². The molecule has 3 unspecified atom stereocenters. The second-order valence-corrected chi connectivity index (χ2v) is 7.89. The van der Waals surface area contributed by atoms with Crippen LogP contribution in [0.2, 0.25) is 0 Å².